The number of benzene rings is 1. The minimum Gasteiger partial charge on any atom is -0.506 e. The molecule has 1 aromatic rings. The van der Waals surface area contributed by atoms with Gasteiger partial charge in [0.2, 0.25) is 0 Å². The van der Waals surface area contributed by atoms with Gasteiger partial charge in [0.1, 0.15) is 12.3 Å². The van der Waals surface area contributed by atoms with Crippen molar-refractivity contribution in [1.82, 2.24) is 4.90 Å². The normalized spacial score (nSPS) is 16.9. The van der Waals surface area contributed by atoms with Gasteiger partial charge in [-0.15, -0.1) is 0 Å². The van der Waals surface area contributed by atoms with Crippen molar-refractivity contribution >= 4 is 69.1 Å². The Kier molecular flexibility index (Phi) is 4.79. The molecule has 1 aliphatic rings. The maximum atomic E-state index is 12.0. The number of carboxylic acid groups (broad SMARTS) is 1. The van der Waals surface area contributed by atoms with Gasteiger partial charge in [0, 0.05) is 10.6 Å². The molecule has 1 aromatic carbocycles. The first kappa shape index (κ1) is 16.1. The molecule has 0 aromatic heterocycles. The number of phenolic OH excluding ortho intramolecular Hbond substituents is 1. The van der Waals surface area contributed by atoms with Gasteiger partial charge in [0.05, 0.1) is 8.48 Å². The lowest BCUT2D eigenvalue weighted by Gasteiger charge is -2.08. The molecule has 0 atom stereocenters. The summed E-state index contributed by atoms with van der Waals surface area (Å²) in [7, 11) is 0. The van der Waals surface area contributed by atoms with Crippen molar-refractivity contribution in [3.05, 3.63) is 31.2 Å². The van der Waals surface area contributed by atoms with Crippen molar-refractivity contribution in [3.8, 4) is 5.75 Å². The first-order chi connectivity index (χ1) is 9.79. The molecule has 6 nitrogen and oxygen atoms in total. The fourth-order valence-corrected chi connectivity index (χ4v) is 3.50. The highest BCUT2D eigenvalue weighted by Gasteiger charge is 2.36. The lowest BCUT2D eigenvalue weighted by Crippen LogP contribution is -2.33. The smallest absolute Gasteiger partial charge is 0.323 e. The van der Waals surface area contributed by atoms with E-state index in [4.69, 9.17) is 16.7 Å². The Balaban J connectivity index is 2.37. The SMILES string of the molecule is O=C(O)CN1C(=O)S/C(=C/c2cc(Cl)cc(I)c2O)C1=O. The zero-order valence-electron chi connectivity index (χ0n) is 10.2. The Hall–Kier alpha value is -1.26. The molecule has 21 heavy (non-hydrogen) atoms. The molecule has 0 saturated carbocycles. The van der Waals surface area contributed by atoms with Crippen molar-refractivity contribution < 1.29 is 24.6 Å². The molecule has 2 N–H and O–H groups in total. The highest BCUT2D eigenvalue weighted by Crippen LogP contribution is 2.36. The van der Waals surface area contributed by atoms with Crippen molar-refractivity contribution in [3.63, 3.8) is 0 Å². The zero-order valence-corrected chi connectivity index (χ0v) is 13.9. The average molecular weight is 440 g/mol. The molecule has 0 unspecified atom stereocenters. The summed E-state index contributed by atoms with van der Waals surface area (Å²) in [5.74, 6) is -2.05. The molecule has 0 bridgehead atoms. The largest absolute Gasteiger partial charge is 0.506 e. The molecule has 2 amide bonds. The Morgan fingerprint density at radius 3 is 2.71 bits per heavy atom. The second-order valence-electron chi connectivity index (χ2n) is 3.99. The summed E-state index contributed by atoms with van der Waals surface area (Å²) in [5.41, 5.74) is 0.285. The highest BCUT2D eigenvalue weighted by atomic mass is 127. The number of rotatable bonds is 3. The van der Waals surface area contributed by atoms with Gasteiger partial charge in [0.25, 0.3) is 11.1 Å². The second kappa shape index (κ2) is 6.24. The van der Waals surface area contributed by atoms with Gasteiger partial charge in [-0.2, -0.15) is 0 Å². The molecule has 1 saturated heterocycles. The number of hydrogen-bond donors (Lipinski definition) is 2. The van der Waals surface area contributed by atoms with Gasteiger partial charge in [-0.25, -0.2) is 0 Å². The summed E-state index contributed by atoms with van der Waals surface area (Å²) < 4.78 is 0.496. The van der Waals surface area contributed by atoms with Crippen molar-refractivity contribution in [1.29, 1.82) is 0 Å². The van der Waals surface area contributed by atoms with Crippen LogP contribution in [0.15, 0.2) is 17.0 Å². The van der Waals surface area contributed by atoms with Crippen LogP contribution in [0.3, 0.4) is 0 Å². The van der Waals surface area contributed by atoms with E-state index < -0.39 is 23.7 Å². The second-order valence-corrected chi connectivity index (χ2v) is 6.58. The number of imide groups is 1. The van der Waals surface area contributed by atoms with Gasteiger partial charge >= 0.3 is 5.97 Å². The molecule has 1 heterocycles. The van der Waals surface area contributed by atoms with Crippen LogP contribution in [-0.4, -0.2) is 38.8 Å². The number of halogens is 2. The minimum absolute atomic E-state index is 0.0367. The molecule has 1 fully saturated rings. The van der Waals surface area contributed by atoms with Crippen molar-refractivity contribution in [2.75, 3.05) is 6.54 Å². The fraction of sp³-hybridized carbons (Fsp3) is 0.0833. The average Bonchev–Trinajstić information content (AvgIpc) is 2.63. The molecule has 110 valence electrons. The predicted molar refractivity (Wildman–Crippen MR) is 86.1 cm³/mol. The highest BCUT2D eigenvalue weighted by molar-refractivity contribution is 14.1. The topological polar surface area (TPSA) is 94.9 Å². The Morgan fingerprint density at radius 2 is 2.10 bits per heavy atom. The number of carbonyl (C=O) groups is 3. The van der Waals surface area contributed by atoms with E-state index in [2.05, 4.69) is 0 Å². The summed E-state index contributed by atoms with van der Waals surface area (Å²) >= 11 is 8.38. The van der Waals surface area contributed by atoms with E-state index in [-0.39, 0.29) is 16.2 Å². The lowest BCUT2D eigenvalue weighted by molar-refractivity contribution is -0.140. The molecule has 0 aliphatic carbocycles. The first-order valence-corrected chi connectivity index (χ1v) is 7.72. The lowest BCUT2D eigenvalue weighted by atomic mass is 10.2. The van der Waals surface area contributed by atoms with Gasteiger partial charge in [-0.05, 0) is 52.6 Å². The molecule has 2 rings (SSSR count). The third kappa shape index (κ3) is 3.50. The van der Waals surface area contributed by atoms with Gasteiger partial charge < -0.3 is 10.2 Å². The van der Waals surface area contributed by atoms with E-state index in [0.717, 1.165) is 0 Å². The van der Waals surface area contributed by atoms with Crippen molar-refractivity contribution in [2.45, 2.75) is 0 Å². The van der Waals surface area contributed by atoms with Crippen LogP contribution in [0, 0.1) is 3.57 Å². The maximum absolute atomic E-state index is 12.0. The quantitative estimate of drug-likeness (QED) is 0.555. The fourth-order valence-electron chi connectivity index (χ4n) is 1.61. The number of thioether (sulfide) groups is 1. The van der Waals surface area contributed by atoms with Gasteiger partial charge in [-0.1, -0.05) is 11.6 Å². The van der Waals surface area contributed by atoms with Crippen LogP contribution >= 0.6 is 46.0 Å². The summed E-state index contributed by atoms with van der Waals surface area (Å²) in [6.45, 7) is -0.693. The van der Waals surface area contributed by atoms with Crippen LogP contribution in [0.1, 0.15) is 5.56 Å². The number of amides is 2. The Morgan fingerprint density at radius 1 is 1.43 bits per heavy atom. The number of aromatic hydroxyl groups is 1. The summed E-state index contributed by atoms with van der Waals surface area (Å²) in [5, 5.41) is 18.3. The number of hydrogen-bond acceptors (Lipinski definition) is 5. The third-order valence-electron chi connectivity index (χ3n) is 2.51. The number of nitrogens with zero attached hydrogens (tertiary/aromatic N) is 1. The van der Waals surface area contributed by atoms with E-state index >= 15 is 0 Å². The summed E-state index contributed by atoms with van der Waals surface area (Å²) in [6.07, 6.45) is 1.32. The molecule has 0 spiro atoms. The third-order valence-corrected chi connectivity index (χ3v) is 4.46. The summed E-state index contributed by atoms with van der Waals surface area (Å²) in [4.78, 5) is 34.9. The molecule has 9 heteroatoms. The van der Waals surface area contributed by atoms with E-state index in [1.807, 2.05) is 22.6 Å². The number of aliphatic carboxylic acids is 1. The van der Waals surface area contributed by atoms with E-state index in [1.54, 1.807) is 6.07 Å². The van der Waals surface area contributed by atoms with E-state index in [9.17, 15) is 19.5 Å². The Bertz CT molecular complexity index is 690. The maximum Gasteiger partial charge on any atom is 0.323 e. The van der Waals surface area contributed by atoms with E-state index in [0.29, 0.717) is 25.3 Å². The van der Waals surface area contributed by atoms with Gasteiger partial charge in [-0.3, -0.25) is 19.3 Å². The molecule has 1 aliphatic heterocycles. The van der Waals surface area contributed by atoms with Crippen LogP contribution in [0.4, 0.5) is 4.79 Å². The first-order valence-electron chi connectivity index (χ1n) is 5.44. The molecule has 0 radical (unpaired) electrons. The van der Waals surface area contributed by atoms with Crippen molar-refractivity contribution in [2.24, 2.45) is 0 Å². The number of phenols is 1. The van der Waals surface area contributed by atoms with Crippen LogP contribution in [0.5, 0.6) is 5.75 Å². The number of carbonyl (C=O) groups excluding carboxylic acids is 2. The van der Waals surface area contributed by atoms with Crippen LogP contribution in [-0.2, 0) is 9.59 Å². The Labute approximate surface area is 141 Å². The van der Waals surface area contributed by atoms with Crippen LogP contribution in [0.2, 0.25) is 5.02 Å². The minimum atomic E-state index is -1.28. The predicted octanol–water partition coefficient (Wildman–Crippen LogP) is 2.77. The summed E-state index contributed by atoms with van der Waals surface area (Å²) in [6, 6.07) is 3.00. The van der Waals surface area contributed by atoms with Crippen LogP contribution in [0.25, 0.3) is 6.08 Å². The van der Waals surface area contributed by atoms with Crippen LogP contribution < -0.4 is 0 Å². The van der Waals surface area contributed by atoms with Gasteiger partial charge in [0.15, 0.2) is 0 Å². The molecular formula is C12H7ClINO5S. The standard InChI is InChI=1S/C12H7ClINO5S/c13-6-1-5(10(18)7(14)3-6)2-8-11(19)15(4-9(16)17)12(20)21-8/h1-3,18H,4H2,(H,16,17)/b8-2+. The molecular weight excluding hydrogens is 433 g/mol. The zero-order chi connectivity index (χ0) is 15.7. The number of carboxylic acids is 1. The van der Waals surface area contributed by atoms with E-state index in [1.165, 1.54) is 12.1 Å². The monoisotopic (exact) mass is 439 g/mol.